The molecular weight excluding hydrogens is 414 g/mol. The van der Waals surface area contributed by atoms with Crippen LogP contribution in [-0.4, -0.2) is 19.9 Å². The van der Waals surface area contributed by atoms with E-state index in [4.69, 9.17) is 4.18 Å². The highest BCUT2D eigenvalue weighted by Crippen LogP contribution is 2.18. The van der Waals surface area contributed by atoms with Crippen molar-refractivity contribution in [3.8, 4) is 0 Å². The number of unbranched alkanes of at least 4 members (excludes halogenated alkanes) is 15. The average Bonchev–Trinajstić information content (AvgIpc) is 2.76. The Balaban J connectivity index is 1.93. The van der Waals surface area contributed by atoms with E-state index in [9.17, 15) is 18.5 Å². The van der Waals surface area contributed by atoms with Gasteiger partial charge < -0.3 is 0 Å². The van der Waals surface area contributed by atoms with Crippen LogP contribution in [0.15, 0.2) is 29.2 Å². The summed E-state index contributed by atoms with van der Waals surface area (Å²) >= 11 is 0. The third-order valence-corrected chi connectivity index (χ3v) is 6.90. The van der Waals surface area contributed by atoms with Gasteiger partial charge in [0, 0.05) is 12.1 Å². The molecule has 0 spiro atoms. The summed E-state index contributed by atoms with van der Waals surface area (Å²) in [5, 5.41) is 10.6. The molecule has 0 aliphatic rings. The van der Waals surface area contributed by atoms with Gasteiger partial charge in [-0.3, -0.25) is 14.3 Å². The van der Waals surface area contributed by atoms with Gasteiger partial charge in [-0.15, -0.1) is 0 Å². The van der Waals surface area contributed by atoms with E-state index in [1.54, 1.807) is 0 Å². The summed E-state index contributed by atoms with van der Waals surface area (Å²) < 4.78 is 29.2. The molecule has 1 aromatic carbocycles. The lowest BCUT2D eigenvalue weighted by Crippen LogP contribution is -2.07. The van der Waals surface area contributed by atoms with Crippen LogP contribution >= 0.6 is 0 Å². The fraction of sp³-hybridized carbons (Fsp3) is 0.750. The minimum atomic E-state index is -3.85. The van der Waals surface area contributed by atoms with Crippen molar-refractivity contribution in [3.05, 3.63) is 34.4 Å². The first-order valence-electron chi connectivity index (χ1n) is 12.1. The molecule has 178 valence electrons. The molecule has 0 bridgehead atoms. The van der Waals surface area contributed by atoms with E-state index in [0.29, 0.717) is 6.42 Å². The maximum Gasteiger partial charge on any atom is 0.296 e. The quantitative estimate of drug-likeness (QED) is 0.0876. The largest absolute Gasteiger partial charge is 0.296 e. The fourth-order valence-corrected chi connectivity index (χ4v) is 4.56. The zero-order valence-corrected chi connectivity index (χ0v) is 20.0. The van der Waals surface area contributed by atoms with Crippen LogP contribution in [0, 0.1) is 10.1 Å². The predicted octanol–water partition coefficient (Wildman–Crippen LogP) is 7.56. The summed E-state index contributed by atoms with van der Waals surface area (Å²) in [6.45, 7) is 2.41. The van der Waals surface area contributed by atoms with Gasteiger partial charge in [0.2, 0.25) is 0 Å². The first kappa shape index (κ1) is 27.6. The Morgan fingerprint density at radius 2 is 1.10 bits per heavy atom. The van der Waals surface area contributed by atoms with Crippen LogP contribution in [0.1, 0.15) is 110 Å². The number of hydrogen-bond acceptors (Lipinski definition) is 5. The molecule has 1 rings (SSSR count). The summed E-state index contributed by atoms with van der Waals surface area (Å²) in [6, 6.07) is 4.76. The van der Waals surface area contributed by atoms with Crippen LogP contribution < -0.4 is 0 Å². The van der Waals surface area contributed by atoms with Crippen molar-refractivity contribution in [1.29, 1.82) is 0 Å². The van der Waals surface area contributed by atoms with Gasteiger partial charge in [-0.1, -0.05) is 103 Å². The minimum absolute atomic E-state index is 0.0467. The van der Waals surface area contributed by atoms with Crippen LogP contribution in [-0.2, 0) is 14.3 Å². The van der Waals surface area contributed by atoms with E-state index in [1.807, 2.05) is 0 Å². The van der Waals surface area contributed by atoms with Gasteiger partial charge in [0.1, 0.15) is 0 Å². The first-order valence-corrected chi connectivity index (χ1v) is 13.5. The molecule has 0 unspecified atom stereocenters. The van der Waals surface area contributed by atoms with Gasteiger partial charge in [0.05, 0.1) is 16.4 Å². The second-order valence-corrected chi connectivity index (χ2v) is 9.95. The lowest BCUT2D eigenvalue weighted by molar-refractivity contribution is -0.384. The predicted molar refractivity (Wildman–Crippen MR) is 126 cm³/mol. The third kappa shape index (κ3) is 13.5. The molecule has 0 fully saturated rings. The van der Waals surface area contributed by atoms with Gasteiger partial charge in [0.25, 0.3) is 15.8 Å². The summed E-state index contributed by atoms with van der Waals surface area (Å²) in [6.07, 6.45) is 20.2. The van der Waals surface area contributed by atoms with E-state index >= 15 is 0 Å². The van der Waals surface area contributed by atoms with Crippen LogP contribution in [0.5, 0.6) is 0 Å². The molecule has 0 aliphatic heterocycles. The molecule has 0 saturated heterocycles. The number of benzene rings is 1. The standard InChI is InChI=1S/C24H41NO5S/c1-2-3-4-5-6-7-8-9-10-11-12-13-14-15-16-17-22-30-31(28,29)24-20-18-23(19-21-24)25(26)27/h18-21H,2-17,22H2,1H3. The minimum Gasteiger partial charge on any atom is -0.266 e. The molecule has 0 saturated carbocycles. The topological polar surface area (TPSA) is 86.5 Å². The molecule has 0 heterocycles. The summed E-state index contributed by atoms with van der Waals surface area (Å²) in [7, 11) is -3.85. The third-order valence-electron chi connectivity index (χ3n) is 5.57. The Morgan fingerprint density at radius 1 is 0.710 bits per heavy atom. The zero-order valence-electron chi connectivity index (χ0n) is 19.2. The maximum atomic E-state index is 12.1. The molecule has 0 aromatic heterocycles. The Hall–Kier alpha value is -1.47. The van der Waals surface area contributed by atoms with Crippen molar-refractivity contribution in [1.82, 2.24) is 0 Å². The van der Waals surface area contributed by atoms with E-state index in [1.165, 1.54) is 108 Å². The number of nitrogens with zero attached hydrogens (tertiary/aromatic N) is 1. The number of nitro benzene ring substituents is 1. The van der Waals surface area contributed by atoms with Gasteiger partial charge in [-0.25, -0.2) is 0 Å². The molecule has 0 N–H and O–H groups in total. The lowest BCUT2D eigenvalue weighted by Gasteiger charge is -2.06. The molecule has 1 aromatic rings. The van der Waals surface area contributed by atoms with Crippen molar-refractivity contribution < 1.29 is 17.5 Å². The number of rotatable bonds is 20. The van der Waals surface area contributed by atoms with Crippen LogP contribution in [0.25, 0.3) is 0 Å². The number of hydrogen-bond donors (Lipinski definition) is 0. The van der Waals surface area contributed by atoms with Crippen molar-refractivity contribution in [2.24, 2.45) is 0 Å². The van der Waals surface area contributed by atoms with Crippen molar-refractivity contribution in [2.75, 3.05) is 6.61 Å². The highest BCUT2D eigenvalue weighted by Gasteiger charge is 2.16. The van der Waals surface area contributed by atoms with Gasteiger partial charge in [-0.05, 0) is 18.6 Å². The Bertz CT molecular complexity index is 688. The van der Waals surface area contributed by atoms with Crippen LogP contribution in [0.2, 0.25) is 0 Å². The molecule has 0 aliphatic carbocycles. The van der Waals surface area contributed by atoms with E-state index in [0.717, 1.165) is 12.8 Å². The number of nitro groups is 1. The van der Waals surface area contributed by atoms with Gasteiger partial charge >= 0.3 is 0 Å². The summed E-state index contributed by atoms with van der Waals surface area (Å²) in [4.78, 5) is 10.0. The molecule has 0 amide bonds. The second kappa shape index (κ2) is 17.1. The number of non-ortho nitro benzene ring substituents is 1. The van der Waals surface area contributed by atoms with Crippen molar-refractivity contribution in [3.63, 3.8) is 0 Å². The Kier molecular flexibility index (Phi) is 15.2. The lowest BCUT2D eigenvalue weighted by atomic mass is 10.0. The molecule has 0 atom stereocenters. The first-order chi connectivity index (χ1) is 15.0. The van der Waals surface area contributed by atoms with Gasteiger partial charge in [0.15, 0.2) is 0 Å². The fourth-order valence-electron chi connectivity index (χ4n) is 3.62. The molecular formula is C24H41NO5S. The highest BCUT2D eigenvalue weighted by molar-refractivity contribution is 7.86. The highest BCUT2D eigenvalue weighted by atomic mass is 32.2. The average molecular weight is 456 g/mol. The van der Waals surface area contributed by atoms with E-state index < -0.39 is 15.0 Å². The summed E-state index contributed by atoms with van der Waals surface area (Å²) in [5.41, 5.74) is -0.142. The van der Waals surface area contributed by atoms with Crippen LogP contribution in [0.4, 0.5) is 5.69 Å². The molecule has 7 heteroatoms. The molecule has 6 nitrogen and oxygen atoms in total. The summed E-state index contributed by atoms with van der Waals surface area (Å²) in [5.74, 6) is 0. The van der Waals surface area contributed by atoms with E-state index in [-0.39, 0.29) is 17.2 Å². The SMILES string of the molecule is CCCCCCCCCCCCCCCCCCOS(=O)(=O)c1ccc([N+](=O)[O-])cc1. The van der Waals surface area contributed by atoms with E-state index in [2.05, 4.69) is 6.92 Å². The van der Waals surface area contributed by atoms with Crippen LogP contribution in [0.3, 0.4) is 0 Å². The van der Waals surface area contributed by atoms with Crippen molar-refractivity contribution in [2.45, 2.75) is 115 Å². The molecule has 0 radical (unpaired) electrons. The molecule has 31 heavy (non-hydrogen) atoms. The normalized spacial score (nSPS) is 11.6. The Morgan fingerprint density at radius 3 is 1.48 bits per heavy atom. The van der Waals surface area contributed by atoms with Crippen molar-refractivity contribution >= 4 is 15.8 Å². The Labute approximate surface area is 189 Å². The smallest absolute Gasteiger partial charge is 0.266 e. The zero-order chi connectivity index (χ0) is 22.8. The van der Waals surface area contributed by atoms with Gasteiger partial charge in [-0.2, -0.15) is 8.42 Å². The monoisotopic (exact) mass is 455 g/mol. The second-order valence-electron chi connectivity index (χ2n) is 8.33. The maximum absolute atomic E-state index is 12.1.